The maximum atomic E-state index is 11.0. The van der Waals surface area contributed by atoms with Gasteiger partial charge in [-0.05, 0) is 24.0 Å². The maximum Gasteiger partial charge on any atom is 0.320 e. The van der Waals surface area contributed by atoms with Crippen LogP contribution in [-0.4, -0.2) is 29.1 Å². The van der Waals surface area contributed by atoms with E-state index in [0.717, 1.165) is 11.3 Å². The van der Waals surface area contributed by atoms with Crippen molar-refractivity contribution in [3.8, 4) is 0 Å². The predicted octanol–water partition coefficient (Wildman–Crippen LogP) is 2.40. The predicted molar refractivity (Wildman–Crippen MR) is 75.0 cm³/mol. The summed E-state index contributed by atoms with van der Waals surface area (Å²) in [4.78, 5) is 11.0. The van der Waals surface area contributed by atoms with E-state index in [1.54, 1.807) is 11.8 Å². The Labute approximate surface area is 112 Å². The van der Waals surface area contributed by atoms with E-state index >= 15 is 0 Å². The summed E-state index contributed by atoms with van der Waals surface area (Å²) in [5.74, 6) is 0.0867. The quantitative estimate of drug-likeness (QED) is 0.802. The highest BCUT2D eigenvalue weighted by molar-refractivity contribution is 7.98. The lowest BCUT2D eigenvalue weighted by Crippen LogP contribution is -2.36. The minimum absolute atomic E-state index is 0. The van der Waals surface area contributed by atoms with Crippen LogP contribution in [0.15, 0.2) is 30.3 Å². The zero-order chi connectivity index (χ0) is 11.8. The second-order valence-corrected chi connectivity index (χ2v) is 4.52. The number of carboxylic acids is 1. The highest BCUT2D eigenvalue weighted by Gasteiger charge is 2.15. The summed E-state index contributed by atoms with van der Waals surface area (Å²) in [5, 5.41) is 12.1. The van der Waals surface area contributed by atoms with Gasteiger partial charge in [-0.3, -0.25) is 4.79 Å². The molecule has 17 heavy (non-hydrogen) atoms. The van der Waals surface area contributed by atoms with Gasteiger partial charge < -0.3 is 10.4 Å². The van der Waals surface area contributed by atoms with E-state index in [1.807, 2.05) is 36.6 Å². The number of rotatable bonds is 7. The van der Waals surface area contributed by atoms with Gasteiger partial charge in [0.25, 0.3) is 0 Å². The Morgan fingerprint density at radius 2 is 2.06 bits per heavy atom. The highest BCUT2D eigenvalue weighted by Crippen LogP contribution is 2.03. The second kappa shape index (κ2) is 9.33. The van der Waals surface area contributed by atoms with Gasteiger partial charge in [0, 0.05) is 6.54 Å². The molecule has 0 saturated carbocycles. The van der Waals surface area contributed by atoms with Crippen LogP contribution in [0.25, 0.3) is 0 Å². The molecule has 1 aromatic carbocycles. The smallest absolute Gasteiger partial charge is 0.320 e. The minimum Gasteiger partial charge on any atom is -0.480 e. The Morgan fingerprint density at radius 1 is 1.41 bits per heavy atom. The second-order valence-electron chi connectivity index (χ2n) is 3.54. The summed E-state index contributed by atoms with van der Waals surface area (Å²) in [6.07, 6.45) is 2.64. The fourth-order valence-corrected chi connectivity index (χ4v) is 1.86. The summed E-state index contributed by atoms with van der Waals surface area (Å²) >= 11 is 1.67. The third-order valence-electron chi connectivity index (χ3n) is 2.30. The van der Waals surface area contributed by atoms with Crippen molar-refractivity contribution in [2.75, 3.05) is 12.0 Å². The first kappa shape index (κ1) is 16.3. The molecule has 0 spiro atoms. The van der Waals surface area contributed by atoms with Crippen LogP contribution in [-0.2, 0) is 11.3 Å². The van der Waals surface area contributed by atoms with Crippen molar-refractivity contribution in [2.24, 2.45) is 0 Å². The number of aliphatic carboxylic acids is 1. The number of nitrogens with one attached hydrogen (secondary N) is 1. The summed E-state index contributed by atoms with van der Waals surface area (Å²) in [6.45, 7) is 0.603. The van der Waals surface area contributed by atoms with E-state index in [2.05, 4.69) is 5.32 Å². The number of benzene rings is 1. The van der Waals surface area contributed by atoms with Crippen molar-refractivity contribution in [3.63, 3.8) is 0 Å². The van der Waals surface area contributed by atoms with Crippen LogP contribution in [0.4, 0.5) is 0 Å². The van der Waals surface area contributed by atoms with Crippen molar-refractivity contribution in [3.05, 3.63) is 35.9 Å². The van der Waals surface area contributed by atoms with Gasteiger partial charge in [0.05, 0.1) is 0 Å². The van der Waals surface area contributed by atoms with Crippen molar-refractivity contribution >= 4 is 30.1 Å². The molecule has 0 aromatic heterocycles. The fraction of sp³-hybridized carbons (Fsp3) is 0.417. The Bertz CT molecular complexity index is 322. The monoisotopic (exact) mass is 275 g/mol. The van der Waals surface area contributed by atoms with E-state index in [9.17, 15) is 4.79 Å². The van der Waals surface area contributed by atoms with Crippen molar-refractivity contribution in [2.45, 2.75) is 19.0 Å². The summed E-state index contributed by atoms with van der Waals surface area (Å²) in [6, 6.07) is 9.38. The topological polar surface area (TPSA) is 49.3 Å². The Balaban J connectivity index is 0.00000256. The lowest BCUT2D eigenvalue weighted by molar-refractivity contribution is -0.139. The molecule has 0 saturated heterocycles. The largest absolute Gasteiger partial charge is 0.480 e. The Morgan fingerprint density at radius 3 is 2.59 bits per heavy atom. The SMILES string of the molecule is CSCC[C@H](NCc1ccccc1)C(=O)O.Cl. The number of carboxylic acid groups (broad SMARTS) is 1. The van der Waals surface area contributed by atoms with Gasteiger partial charge in [0.15, 0.2) is 0 Å². The molecule has 2 N–H and O–H groups in total. The van der Waals surface area contributed by atoms with Gasteiger partial charge in [-0.1, -0.05) is 30.3 Å². The van der Waals surface area contributed by atoms with Crippen LogP contribution in [0.3, 0.4) is 0 Å². The maximum absolute atomic E-state index is 11.0. The molecule has 0 amide bonds. The molecule has 1 atom stereocenters. The van der Waals surface area contributed by atoms with Crippen LogP contribution in [0, 0.1) is 0 Å². The van der Waals surface area contributed by atoms with Crippen LogP contribution >= 0.6 is 24.2 Å². The average molecular weight is 276 g/mol. The Hall–Kier alpha value is -0.710. The molecule has 0 aliphatic carbocycles. The van der Waals surface area contributed by atoms with Gasteiger partial charge in [-0.15, -0.1) is 12.4 Å². The first-order chi connectivity index (χ1) is 7.74. The van der Waals surface area contributed by atoms with Crippen molar-refractivity contribution < 1.29 is 9.90 Å². The molecule has 0 radical (unpaired) electrons. The third-order valence-corrected chi connectivity index (χ3v) is 2.95. The molecule has 0 aliphatic heterocycles. The first-order valence-corrected chi connectivity index (χ1v) is 6.62. The molecule has 3 nitrogen and oxygen atoms in total. The lowest BCUT2D eigenvalue weighted by atomic mass is 10.2. The van der Waals surface area contributed by atoms with Gasteiger partial charge in [-0.2, -0.15) is 11.8 Å². The minimum atomic E-state index is -0.773. The number of halogens is 1. The van der Waals surface area contributed by atoms with Crippen LogP contribution in [0.1, 0.15) is 12.0 Å². The molecule has 1 rings (SSSR count). The zero-order valence-corrected chi connectivity index (χ0v) is 11.4. The van der Waals surface area contributed by atoms with Crippen molar-refractivity contribution in [1.82, 2.24) is 5.32 Å². The number of carbonyl (C=O) groups is 1. The Kier molecular flexibility index (Phi) is 8.94. The van der Waals surface area contributed by atoms with Gasteiger partial charge >= 0.3 is 5.97 Å². The summed E-state index contributed by atoms with van der Waals surface area (Å²) < 4.78 is 0. The summed E-state index contributed by atoms with van der Waals surface area (Å²) in [5.41, 5.74) is 1.11. The molecule has 0 fully saturated rings. The van der Waals surface area contributed by atoms with Gasteiger partial charge in [0.2, 0.25) is 0 Å². The highest BCUT2D eigenvalue weighted by atomic mass is 35.5. The molecule has 5 heteroatoms. The third kappa shape index (κ3) is 6.56. The van der Waals surface area contributed by atoms with E-state index < -0.39 is 12.0 Å². The molecule has 1 aromatic rings. The molecule has 0 aliphatic rings. The lowest BCUT2D eigenvalue weighted by Gasteiger charge is -2.13. The average Bonchev–Trinajstić information content (AvgIpc) is 2.30. The fourth-order valence-electron chi connectivity index (χ4n) is 1.39. The van der Waals surface area contributed by atoms with Crippen molar-refractivity contribution in [1.29, 1.82) is 0 Å². The van der Waals surface area contributed by atoms with Gasteiger partial charge in [0.1, 0.15) is 6.04 Å². The van der Waals surface area contributed by atoms with Crippen LogP contribution in [0.2, 0.25) is 0 Å². The molecule has 0 unspecified atom stereocenters. The molecule has 0 heterocycles. The standard InChI is InChI=1S/C12H17NO2S.ClH/c1-16-8-7-11(12(14)15)13-9-10-5-3-2-4-6-10;/h2-6,11,13H,7-9H2,1H3,(H,14,15);1H/t11-;/m0./s1. The zero-order valence-electron chi connectivity index (χ0n) is 9.76. The van der Waals surface area contributed by atoms with Crippen LogP contribution in [0.5, 0.6) is 0 Å². The molecule has 96 valence electrons. The molecular weight excluding hydrogens is 258 g/mol. The van der Waals surface area contributed by atoms with E-state index in [1.165, 1.54) is 0 Å². The molecular formula is C12H18ClNO2S. The van der Waals surface area contributed by atoms with E-state index in [4.69, 9.17) is 5.11 Å². The van der Waals surface area contributed by atoms with E-state index in [0.29, 0.717) is 13.0 Å². The molecule has 0 bridgehead atoms. The van der Waals surface area contributed by atoms with E-state index in [-0.39, 0.29) is 12.4 Å². The summed E-state index contributed by atoms with van der Waals surface area (Å²) in [7, 11) is 0. The number of hydrogen-bond donors (Lipinski definition) is 2. The number of thioether (sulfide) groups is 1. The van der Waals surface area contributed by atoms with Crippen LogP contribution < -0.4 is 5.32 Å². The number of hydrogen-bond acceptors (Lipinski definition) is 3. The van der Waals surface area contributed by atoms with Gasteiger partial charge in [-0.25, -0.2) is 0 Å². The normalized spacial score (nSPS) is 11.6. The first-order valence-electron chi connectivity index (χ1n) is 5.23.